The van der Waals surface area contributed by atoms with Gasteiger partial charge < -0.3 is 10.1 Å². The Morgan fingerprint density at radius 3 is 2.72 bits per heavy atom. The van der Waals surface area contributed by atoms with Crippen LogP contribution in [-0.4, -0.2) is 24.7 Å². The van der Waals surface area contributed by atoms with Crippen LogP contribution >= 0.6 is 0 Å². The van der Waals surface area contributed by atoms with Crippen molar-refractivity contribution in [2.75, 3.05) is 13.7 Å². The second kappa shape index (κ2) is 8.09. The van der Waals surface area contributed by atoms with E-state index in [-0.39, 0.29) is 0 Å². The van der Waals surface area contributed by atoms with E-state index in [1.54, 1.807) is 13.3 Å². The molecule has 1 N–H and O–H groups in total. The van der Waals surface area contributed by atoms with Gasteiger partial charge in [0.25, 0.3) is 0 Å². The minimum absolute atomic E-state index is 0.580. The fraction of sp³-hybridized carbons (Fsp3) is 0.667. The maximum Gasteiger partial charge on any atom is 0.137 e. The van der Waals surface area contributed by atoms with E-state index in [4.69, 9.17) is 4.74 Å². The number of methoxy groups -OCH3 is 1. The van der Waals surface area contributed by atoms with Gasteiger partial charge in [-0.3, -0.25) is 4.98 Å². The van der Waals surface area contributed by atoms with Gasteiger partial charge in [0.1, 0.15) is 5.75 Å². The Balaban J connectivity index is 2.49. The third kappa shape index (κ3) is 5.05. The van der Waals surface area contributed by atoms with Crippen molar-refractivity contribution in [3.63, 3.8) is 0 Å². The fourth-order valence-corrected chi connectivity index (χ4v) is 2.04. The molecule has 0 fully saturated rings. The third-order valence-electron chi connectivity index (χ3n) is 3.21. The Bertz CT molecular complexity index is 339. The summed E-state index contributed by atoms with van der Waals surface area (Å²) in [6, 6.07) is 2.65. The third-order valence-corrected chi connectivity index (χ3v) is 3.21. The standard InChI is InChI=1S/C15H26N2O/c1-5-8-17-15(12(2)3)7-6-13-9-14(18-4)11-16-10-13/h9-12,15,17H,5-8H2,1-4H3. The Kier molecular flexibility index (Phi) is 6.73. The van der Waals surface area contributed by atoms with E-state index in [0.29, 0.717) is 12.0 Å². The predicted molar refractivity (Wildman–Crippen MR) is 76.0 cm³/mol. The molecule has 1 unspecified atom stereocenters. The maximum atomic E-state index is 5.20. The van der Waals surface area contributed by atoms with Gasteiger partial charge in [-0.2, -0.15) is 0 Å². The lowest BCUT2D eigenvalue weighted by molar-refractivity contribution is 0.377. The highest BCUT2D eigenvalue weighted by atomic mass is 16.5. The summed E-state index contributed by atoms with van der Waals surface area (Å²) in [4.78, 5) is 4.20. The molecule has 1 rings (SSSR count). The zero-order valence-electron chi connectivity index (χ0n) is 12.1. The summed E-state index contributed by atoms with van der Waals surface area (Å²) in [5, 5.41) is 3.62. The molecule has 3 nitrogen and oxygen atoms in total. The van der Waals surface area contributed by atoms with Crippen LogP contribution in [0.2, 0.25) is 0 Å². The van der Waals surface area contributed by atoms with Crippen LogP contribution in [0.15, 0.2) is 18.5 Å². The summed E-state index contributed by atoms with van der Waals surface area (Å²) in [6.07, 6.45) is 7.05. The fourth-order valence-electron chi connectivity index (χ4n) is 2.04. The van der Waals surface area contributed by atoms with Crippen molar-refractivity contribution in [3.8, 4) is 5.75 Å². The van der Waals surface area contributed by atoms with Crippen LogP contribution in [0.4, 0.5) is 0 Å². The Morgan fingerprint density at radius 2 is 2.11 bits per heavy atom. The monoisotopic (exact) mass is 250 g/mol. The van der Waals surface area contributed by atoms with Crippen LogP contribution in [0.5, 0.6) is 5.75 Å². The summed E-state index contributed by atoms with van der Waals surface area (Å²) in [5.41, 5.74) is 1.25. The minimum Gasteiger partial charge on any atom is -0.495 e. The first-order valence-electron chi connectivity index (χ1n) is 6.88. The van der Waals surface area contributed by atoms with E-state index in [1.165, 1.54) is 12.0 Å². The molecule has 102 valence electrons. The molecule has 1 heterocycles. The molecule has 0 saturated carbocycles. The lowest BCUT2D eigenvalue weighted by Gasteiger charge is -2.22. The first-order valence-corrected chi connectivity index (χ1v) is 6.88. The van der Waals surface area contributed by atoms with Gasteiger partial charge in [0, 0.05) is 12.2 Å². The van der Waals surface area contributed by atoms with Gasteiger partial charge in [-0.1, -0.05) is 20.8 Å². The molecule has 0 aromatic carbocycles. The van der Waals surface area contributed by atoms with Crippen molar-refractivity contribution in [1.82, 2.24) is 10.3 Å². The molecule has 0 spiro atoms. The number of hydrogen-bond donors (Lipinski definition) is 1. The van der Waals surface area contributed by atoms with Crippen molar-refractivity contribution in [1.29, 1.82) is 0 Å². The molecule has 0 aliphatic rings. The number of rotatable bonds is 8. The van der Waals surface area contributed by atoms with Crippen LogP contribution in [0.25, 0.3) is 0 Å². The van der Waals surface area contributed by atoms with Crippen molar-refractivity contribution in [2.24, 2.45) is 5.92 Å². The van der Waals surface area contributed by atoms with Gasteiger partial charge in [0.2, 0.25) is 0 Å². The van der Waals surface area contributed by atoms with E-state index >= 15 is 0 Å². The SMILES string of the molecule is CCCNC(CCc1cncc(OC)c1)C(C)C. The van der Waals surface area contributed by atoms with Crippen LogP contribution in [0.3, 0.4) is 0 Å². The number of aromatic nitrogens is 1. The predicted octanol–water partition coefficient (Wildman–Crippen LogP) is 3.05. The second-order valence-electron chi connectivity index (χ2n) is 5.08. The second-order valence-corrected chi connectivity index (χ2v) is 5.08. The quantitative estimate of drug-likeness (QED) is 0.770. The molecule has 1 aromatic rings. The first kappa shape index (κ1) is 15.0. The van der Waals surface area contributed by atoms with Crippen LogP contribution in [0.1, 0.15) is 39.2 Å². The number of aryl methyl sites for hydroxylation is 1. The molecule has 1 aromatic heterocycles. The molecule has 3 heteroatoms. The molecule has 0 saturated heterocycles. The molecule has 18 heavy (non-hydrogen) atoms. The van der Waals surface area contributed by atoms with Gasteiger partial charge in [0.15, 0.2) is 0 Å². The van der Waals surface area contributed by atoms with Crippen LogP contribution in [-0.2, 0) is 6.42 Å². The molecule has 1 atom stereocenters. The van der Waals surface area contributed by atoms with E-state index in [9.17, 15) is 0 Å². The number of hydrogen-bond acceptors (Lipinski definition) is 3. The normalized spacial score (nSPS) is 12.7. The lowest BCUT2D eigenvalue weighted by Crippen LogP contribution is -2.34. The van der Waals surface area contributed by atoms with Crippen molar-refractivity contribution in [2.45, 2.75) is 46.1 Å². The van der Waals surface area contributed by atoms with E-state index in [2.05, 4.69) is 37.1 Å². The topological polar surface area (TPSA) is 34.2 Å². The van der Waals surface area contributed by atoms with Crippen LogP contribution in [0, 0.1) is 5.92 Å². The van der Waals surface area contributed by atoms with Gasteiger partial charge in [0.05, 0.1) is 13.3 Å². The highest BCUT2D eigenvalue weighted by molar-refractivity contribution is 5.23. The highest BCUT2D eigenvalue weighted by Crippen LogP contribution is 2.15. The van der Waals surface area contributed by atoms with Gasteiger partial charge >= 0.3 is 0 Å². The summed E-state index contributed by atoms with van der Waals surface area (Å²) in [5.74, 6) is 1.50. The average molecular weight is 250 g/mol. The van der Waals surface area contributed by atoms with Crippen molar-refractivity contribution in [3.05, 3.63) is 24.0 Å². The summed E-state index contributed by atoms with van der Waals surface area (Å²) >= 11 is 0. The number of pyridine rings is 1. The summed E-state index contributed by atoms with van der Waals surface area (Å²) < 4.78 is 5.20. The minimum atomic E-state index is 0.580. The Morgan fingerprint density at radius 1 is 1.33 bits per heavy atom. The number of ether oxygens (including phenoxy) is 1. The number of nitrogens with one attached hydrogen (secondary N) is 1. The highest BCUT2D eigenvalue weighted by Gasteiger charge is 2.12. The van der Waals surface area contributed by atoms with Gasteiger partial charge in [-0.25, -0.2) is 0 Å². The Hall–Kier alpha value is -1.09. The average Bonchev–Trinajstić information content (AvgIpc) is 2.38. The zero-order valence-corrected chi connectivity index (χ0v) is 12.1. The Labute approximate surface area is 111 Å². The van der Waals surface area contributed by atoms with Gasteiger partial charge in [-0.15, -0.1) is 0 Å². The lowest BCUT2D eigenvalue weighted by atomic mass is 9.97. The van der Waals surface area contributed by atoms with E-state index < -0.39 is 0 Å². The molecular formula is C15H26N2O. The molecular weight excluding hydrogens is 224 g/mol. The van der Waals surface area contributed by atoms with E-state index in [1.807, 2.05) is 6.20 Å². The van der Waals surface area contributed by atoms with Crippen molar-refractivity contribution >= 4 is 0 Å². The maximum absolute atomic E-state index is 5.20. The molecule has 0 radical (unpaired) electrons. The molecule has 0 aliphatic carbocycles. The molecule has 0 amide bonds. The summed E-state index contributed by atoms with van der Waals surface area (Å²) in [6.45, 7) is 7.85. The smallest absolute Gasteiger partial charge is 0.137 e. The van der Waals surface area contributed by atoms with Crippen molar-refractivity contribution < 1.29 is 4.74 Å². The molecule has 0 aliphatic heterocycles. The molecule has 0 bridgehead atoms. The van der Waals surface area contributed by atoms with E-state index in [0.717, 1.165) is 25.1 Å². The van der Waals surface area contributed by atoms with Gasteiger partial charge in [-0.05, 0) is 43.4 Å². The number of nitrogens with zero attached hydrogens (tertiary/aromatic N) is 1. The largest absolute Gasteiger partial charge is 0.495 e. The zero-order chi connectivity index (χ0) is 13.4. The summed E-state index contributed by atoms with van der Waals surface area (Å²) in [7, 11) is 1.68. The van der Waals surface area contributed by atoms with Crippen LogP contribution < -0.4 is 10.1 Å². The first-order chi connectivity index (χ1) is 8.67.